The van der Waals surface area contributed by atoms with E-state index in [0.29, 0.717) is 0 Å². The molecule has 0 aliphatic heterocycles. The van der Waals surface area contributed by atoms with Gasteiger partial charge in [-0.3, -0.25) is 0 Å². The van der Waals surface area contributed by atoms with E-state index in [4.69, 9.17) is 0 Å². The molecule has 3 heteroatoms. The quantitative estimate of drug-likeness (QED) is 0.148. The Morgan fingerprint density at radius 1 is 0.571 bits per heavy atom. The summed E-state index contributed by atoms with van der Waals surface area (Å²) in [5.41, 5.74) is 0. The van der Waals surface area contributed by atoms with Gasteiger partial charge in [0.2, 0.25) is 0 Å². The fourth-order valence-corrected chi connectivity index (χ4v) is 3.41. The first-order valence-corrected chi connectivity index (χ1v) is 10.3. The number of unbranched alkanes of at least 4 members (excludes halogenated alkanes) is 6. The molecular weight excluding hydrogens is 437 g/mol. The van der Waals surface area contributed by atoms with Crippen molar-refractivity contribution in [2.24, 2.45) is 0 Å². The zero-order valence-corrected chi connectivity index (χ0v) is 18.6. The van der Waals surface area contributed by atoms with Crippen molar-refractivity contribution < 1.29 is 28.5 Å². The van der Waals surface area contributed by atoms with Crippen LogP contribution < -0.4 is 24.0 Å². The Morgan fingerprint density at radius 3 is 1.19 bits per heavy atom. The second-order valence-electron chi connectivity index (χ2n) is 6.40. The molecule has 0 radical (unpaired) electrons. The lowest BCUT2D eigenvalue weighted by Crippen LogP contribution is -3.00. The second-order valence-corrected chi connectivity index (χ2v) is 7.19. The van der Waals surface area contributed by atoms with Gasteiger partial charge in [-0.2, -0.15) is 0 Å². The Bertz CT molecular complexity index is 173. The minimum absolute atomic E-state index is 0. The molecule has 21 heavy (non-hydrogen) atoms. The number of alkyl halides is 1. The number of halogens is 2. The summed E-state index contributed by atoms with van der Waals surface area (Å²) in [6, 6.07) is 0. The van der Waals surface area contributed by atoms with Crippen molar-refractivity contribution in [2.75, 3.05) is 31.5 Å². The highest BCUT2D eigenvalue weighted by Crippen LogP contribution is 2.17. The third-order valence-electron chi connectivity index (χ3n) is 4.47. The monoisotopic (exact) mass is 475 g/mol. The molecule has 0 aromatic rings. The van der Waals surface area contributed by atoms with E-state index in [-0.39, 0.29) is 24.0 Å². The summed E-state index contributed by atoms with van der Waals surface area (Å²) < 4.78 is 1.41. The van der Waals surface area contributed by atoms with E-state index in [9.17, 15) is 0 Å². The molecule has 0 rings (SSSR count). The van der Waals surface area contributed by atoms with Crippen molar-refractivity contribution in [3.05, 3.63) is 0 Å². The van der Waals surface area contributed by atoms with Gasteiger partial charge in [0.1, 0.15) is 0 Å². The van der Waals surface area contributed by atoms with Crippen molar-refractivity contribution >= 4 is 15.9 Å². The third-order valence-corrected chi connectivity index (χ3v) is 5.03. The van der Waals surface area contributed by atoms with Crippen LogP contribution in [0.3, 0.4) is 0 Å². The topological polar surface area (TPSA) is 0 Å². The lowest BCUT2D eigenvalue weighted by molar-refractivity contribution is -0.928. The van der Waals surface area contributed by atoms with E-state index in [2.05, 4.69) is 36.7 Å². The van der Waals surface area contributed by atoms with E-state index in [1.165, 1.54) is 100 Å². The van der Waals surface area contributed by atoms with E-state index >= 15 is 0 Å². The largest absolute Gasteiger partial charge is 1.00 e. The lowest BCUT2D eigenvalue weighted by Gasteiger charge is -2.39. The van der Waals surface area contributed by atoms with Gasteiger partial charge in [-0.1, -0.05) is 56.0 Å². The van der Waals surface area contributed by atoms with Crippen LogP contribution in [0.1, 0.15) is 85.0 Å². The predicted molar refractivity (Wildman–Crippen MR) is 96.7 cm³/mol. The molecule has 0 amide bonds. The normalized spacial score (nSPS) is 11.4. The first-order valence-electron chi connectivity index (χ1n) is 9.15. The van der Waals surface area contributed by atoms with Gasteiger partial charge < -0.3 is 28.5 Å². The van der Waals surface area contributed by atoms with Gasteiger partial charge in [-0.05, 0) is 38.5 Å². The lowest BCUT2D eigenvalue weighted by atomic mass is 10.1. The summed E-state index contributed by atoms with van der Waals surface area (Å²) in [5.74, 6) is 0. The van der Waals surface area contributed by atoms with Crippen LogP contribution >= 0.6 is 15.9 Å². The first-order chi connectivity index (χ1) is 9.74. The SMILES string of the molecule is CCCCC[N+](CCCBr)(CCCCC)CCCCC.[I-]. The second kappa shape index (κ2) is 17.5. The smallest absolute Gasteiger partial charge is 0.0794 e. The molecule has 1 nitrogen and oxygen atoms in total. The van der Waals surface area contributed by atoms with Crippen LogP contribution in [0.25, 0.3) is 0 Å². The third kappa shape index (κ3) is 13.3. The molecule has 0 aromatic heterocycles. The molecule has 0 fully saturated rings. The maximum Gasteiger partial charge on any atom is 0.0794 e. The molecular formula is C18H39BrIN. The summed E-state index contributed by atoms with van der Waals surface area (Å²) >= 11 is 3.64. The Labute approximate surface area is 160 Å². The van der Waals surface area contributed by atoms with Gasteiger partial charge in [0, 0.05) is 11.8 Å². The molecule has 0 bridgehead atoms. The Kier molecular flexibility index (Phi) is 20.4. The Hall–Kier alpha value is 1.17. The zero-order valence-electron chi connectivity index (χ0n) is 14.8. The molecule has 0 heterocycles. The average Bonchev–Trinajstić information content (AvgIpc) is 2.46. The molecule has 0 saturated carbocycles. The molecule has 0 saturated heterocycles. The average molecular weight is 476 g/mol. The minimum Gasteiger partial charge on any atom is -1.00 e. The van der Waals surface area contributed by atoms with Crippen LogP contribution in [0.2, 0.25) is 0 Å². The summed E-state index contributed by atoms with van der Waals surface area (Å²) in [4.78, 5) is 0. The molecule has 0 atom stereocenters. The maximum absolute atomic E-state index is 3.64. The summed E-state index contributed by atoms with van der Waals surface area (Å²) in [7, 11) is 0. The fourth-order valence-electron chi connectivity index (χ4n) is 3.16. The van der Waals surface area contributed by atoms with Crippen LogP contribution in [0.15, 0.2) is 0 Å². The molecule has 0 unspecified atom stereocenters. The predicted octanol–water partition coefficient (Wildman–Crippen LogP) is 3.16. The highest BCUT2D eigenvalue weighted by atomic mass is 127. The highest BCUT2D eigenvalue weighted by Gasteiger charge is 2.25. The van der Waals surface area contributed by atoms with E-state index in [1.54, 1.807) is 0 Å². The summed E-state index contributed by atoms with van der Waals surface area (Å²) in [5, 5.41) is 1.17. The minimum atomic E-state index is 0. The number of rotatable bonds is 15. The summed E-state index contributed by atoms with van der Waals surface area (Å²) in [6.45, 7) is 12.6. The zero-order chi connectivity index (χ0) is 15.1. The first kappa shape index (κ1) is 24.4. The van der Waals surface area contributed by atoms with Crippen molar-refractivity contribution in [1.82, 2.24) is 0 Å². The summed E-state index contributed by atoms with van der Waals surface area (Å²) in [6.07, 6.45) is 13.9. The molecule has 0 aromatic carbocycles. The molecule has 0 spiro atoms. The Balaban J connectivity index is 0. The molecule has 0 aliphatic rings. The van der Waals surface area contributed by atoms with Gasteiger partial charge >= 0.3 is 0 Å². The van der Waals surface area contributed by atoms with Crippen LogP contribution in [-0.2, 0) is 0 Å². The van der Waals surface area contributed by atoms with E-state index in [1.807, 2.05) is 0 Å². The van der Waals surface area contributed by atoms with Gasteiger partial charge in [0.25, 0.3) is 0 Å². The van der Waals surface area contributed by atoms with E-state index < -0.39 is 0 Å². The number of nitrogens with zero attached hydrogens (tertiary/aromatic N) is 1. The number of hydrogen-bond acceptors (Lipinski definition) is 0. The van der Waals surface area contributed by atoms with Gasteiger partial charge in [0.05, 0.1) is 26.2 Å². The van der Waals surface area contributed by atoms with Crippen LogP contribution in [0.5, 0.6) is 0 Å². The highest BCUT2D eigenvalue weighted by molar-refractivity contribution is 9.09. The fraction of sp³-hybridized carbons (Fsp3) is 1.00. The number of quaternary nitrogens is 1. The van der Waals surface area contributed by atoms with E-state index in [0.717, 1.165) is 0 Å². The van der Waals surface area contributed by atoms with Crippen LogP contribution in [0.4, 0.5) is 0 Å². The Morgan fingerprint density at radius 2 is 0.905 bits per heavy atom. The maximum atomic E-state index is 3.64. The van der Waals surface area contributed by atoms with Crippen molar-refractivity contribution in [3.8, 4) is 0 Å². The van der Waals surface area contributed by atoms with Crippen molar-refractivity contribution in [3.63, 3.8) is 0 Å². The van der Waals surface area contributed by atoms with Crippen LogP contribution in [0, 0.1) is 0 Å². The standard InChI is InChI=1S/C18H39BrN.HI/c1-4-7-10-15-20(18-13-14-19,16-11-8-5-2)17-12-9-6-3;/h4-18H2,1-3H3;1H/q+1;/p-1. The van der Waals surface area contributed by atoms with Crippen molar-refractivity contribution in [1.29, 1.82) is 0 Å². The van der Waals surface area contributed by atoms with Gasteiger partial charge in [-0.25, -0.2) is 0 Å². The molecule has 130 valence electrons. The van der Waals surface area contributed by atoms with Crippen LogP contribution in [-0.4, -0.2) is 36.0 Å². The van der Waals surface area contributed by atoms with Gasteiger partial charge in [-0.15, -0.1) is 0 Å². The number of hydrogen-bond donors (Lipinski definition) is 0. The van der Waals surface area contributed by atoms with Crippen molar-refractivity contribution in [2.45, 2.75) is 85.0 Å². The molecule has 0 aliphatic carbocycles. The van der Waals surface area contributed by atoms with Gasteiger partial charge in [0.15, 0.2) is 0 Å². The molecule has 0 N–H and O–H groups in total.